The Kier molecular flexibility index (Phi) is 0. The molecule has 0 aromatic rings. The van der Waals surface area contributed by atoms with E-state index in [0.29, 0.717) is 0 Å². The average molecular weight is 326 g/mol. The first-order valence-corrected chi connectivity index (χ1v) is 1.21. The minimum Gasteiger partial charge on any atom is -0.344 e. The van der Waals surface area contributed by atoms with Crippen molar-refractivity contribution in [1.29, 1.82) is 0 Å². The van der Waals surface area contributed by atoms with Crippen LogP contribution in [-0.2, 0) is 0 Å². The van der Waals surface area contributed by atoms with Crippen LogP contribution in [0.3, 0.4) is 0 Å². The molecule has 0 unspecified atom stereocenters. The van der Waals surface area contributed by atoms with Crippen molar-refractivity contribution in [2.45, 2.75) is 20.8 Å². The van der Waals surface area contributed by atoms with Gasteiger partial charge in [0.1, 0.15) is 0 Å². The van der Waals surface area contributed by atoms with Crippen LogP contribution in [0.2, 0.25) is 0 Å². The Morgan fingerprint density at radius 1 is 1.60 bits per heavy atom. The fourth-order valence-corrected chi connectivity index (χ4v) is 0. The van der Waals surface area contributed by atoms with E-state index in [4.69, 9.17) is 0 Å². The molecule has 0 radical (unpaired) electrons. The summed E-state index contributed by atoms with van der Waals surface area (Å²) in [6.45, 7) is 5.50. The first-order chi connectivity index (χ1) is 1.41. The van der Waals surface area contributed by atoms with E-state index in [0.717, 1.165) is 6.42 Å². The fraction of sp³-hybridized carbons (Fsp3) is 0.750. The molecule has 0 amide bonds. The maximum atomic E-state index is 3.49. The molecule has 0 saturated heterocycles. The molecule has 0 heterocycles. The van der Waals surface area contributed by atoms with Gasteiger partial charge in [0.15, 0.2) is 0 Å². The van der Waals surface area contributed by atoms with Crippen molar-refractivity contribution in [3.05, 3.63) is 6.92 Å². The second-order valence-corrected chi connectivity index (χ2v) is 0.500. The van der Waals surface area contributed by atoms with E-state index in [1.165, 1.54) is 0 Å². The predicted octanol–water partition coefficient (Wildman–Crippen LogP) is 1.87. The zero-order valence-corrected chi connectivity index (χ0v) is 9.52. The van der Waals surface area contributed by atoms with E-state index in [-0.39, 0.29) is 7.43 Å². The van der Waals surface area contributed by atoms with Crippen LogP contribution < -0.4 is 0 Å². The van der Waals surface area contributed by atoms with E-state index in [1.807, 2.05) is 6.92 Å². The summed E-state index contributed by atoms with van der Waals surface area (Å²) in [7, 11) is 0. The standard InChI is InChI=1S/C3H7.CH4.Rf/c1-3-2;;/h1,3H2,2H3;1H4;/q-1;;. The number of hydrogen-bond donors (Lipinski definition) is 0. The second kappa shape index (κ2) is 0. The summed E-state index contributed by atoms with van der Waals surface area (Å²) < 4.78 is 0. The predicted molar refractivity (Wildman–Crippen MR) is 22.4 cm³/mol. The molecule has 0 rings (SSSR count). The Balaban J connectivity index is -0.0000000200. The van der Waals surface area contributed by atoms with Gasteiger partial charge in [-0.05, 0) is 0 Å². The fourth-order valence-electron chi connectivity index (χ4n) is 0. The average Bonchev–Trinajstić information content (AvgIpc) is 0.918. The van der Waals surface area contributed by atoms with E-state index < -0.39 is 0 Å². The van der Waals surface area contributed by atoms with Gasteiger partial charge in [0.05, 0.1) is 0 Å². The molecule has 0 spiro atoms. The summed E-state index contributed by atoms with van der Waals surface area (Å²) in [6, 6.07) is 0. The molecule has 0 aliphatic carbocycles. The van der Waals surface area contributed by atoms with Crippen LogP contribution in [0.5, 0.6) is 0 Å². The largest absolute Gasteiger partial charge is 0.344 e. The SMILES string of the molecule is C.[CH2-]CC.[Rf]. The van der Waals surface area contributed by atoms with E-state index in [1.54, 1.807) is 0 Å². The van der Waals surface area contributed by atoms with Gasteiger partial charge < -0.3 is 6.92 Å². The van der Waals surface area contributed by atoms with E-state index >= 15 is 0 Å². The van der Waals surface area contributed by atoms with Crippen LogP contribution in [-0.4, -0.2) is 0 Å². The Hall–Kier alpha value is -1.00. The van der Waals surface area contributed by atoms with E-state index in [2.05, 4.69) is 6.92 Å². The number of hydrogen-bond acceptors (Lipinski definition) is 0. The van der Waals surface area contributed by atoms with Crippen molar-refractivity contribution < 1.29 is 0 Å². The molecule has 0 fully saturated rings. The summed E-state index contributed by atoms with van der Waals surface area (Å²) in [5, 5.41) is 0. The van der Waals surface area contributed by atoms with Gasteiger partial charge in [0.2, 0.25) is 0 Å². The molecule has 0 aliphatic rings. The number of rotatable bonds is 0. The van der Waals surface area contributed by atoms with E-state index in [9.17, 15) is 0 Å². The molecule has 1 heteroatoms. The zero-order chi connectivity index (χ0) is 2.71. The summed E-state index contributed by atoms with van der Waals surface area (Å²) >= 11 is 0. The molecular formula is C4H11Rf-. The first kappa shape index (κ1) is 36.0. The van der Waals surface area contributed by atoms with Gasteiger partial charge >= 0.3 is 0 Å². The van der Waals surface area contributed by atoms with Crippen molar-refractivity contribution in [3.63, 3.8) is 0 Å². The smallest absolute Gasteiger partial charge is 0 e. The molecule has 0 aliphatic heterocycles. The monoisotopic (exact) mass is 326 g/mol. The maximum Gasteiger partial charge on any atom is 0 e. The third kappa shape index (κ3) is 3.00. The minimum atomic E-state index is 0. The molecule has 5 heavy (non-hydrogen) atoms. The van der Waals surface area contributed by atoms with Crippen molar-refractivity contribution in [2.24, 2.45) is 0 Å². The zero-order valence-electron chi connectivity index (χ0n) is 3.12. The van der Waals surface area contributed by atoms with Crippen molar-refractivity contribution in [3.8, 4) is 0 Å². The van der Waals surface area contributed by atoms with Gasteiger partial charge in [0, 0.05) is 0 Å². The quantitative estimate of drug-likeness (QED) is 0.596. The third-order valence-electron chi connectivity index (χ3n) is 0. The van der Waals surface area contributed by atoms with Crippen LogP contribution in [0.4, 0.5) is 0 Å². The Morgan fingerprint density at radius 3 is 1.60 bits per heavy atom. The summed E-state index contributed by atoms with van der Waals surface area (Å²) in [5.41, 5.74) is 0. The summed E-state index contributed by atoms with van der Waals surface area (Å²) in [5.74, 6) is 0. The van der Waals surface area contributed by atoms with Crippen LogP contribution in [0, 0.1) is 6.92 Å². The third-order valence-corrected chi connectivity index (χ3v) is 0. The van der Waals surface area contributed by atoms with Crippen LogP contribution >= 0.6 is 0 Å². The Bertz CT molecular complexity index is 3.61. The van der Waals surface area contributed by atoms with Crippen LogP contribution in [0.1, 0.15) is 20.8 Å². The molecule has 0 atom stereocenters. The summed E-state index contributed by atoms with van der Waals surface area (Å²) in [4.78, 5) is 0. The van der Waals surface area contributed by atoms with Gasteiger partial charge in [-0.15, -0.1) is 0 Å². The van der Waals surface area contributed by atoms with Gasteiger partial charge in [-0.2, -0.15) is 6.42 Å². The van der Waals surface area contributed by atoms with Crippen molar-refractivity contribution in [1.82, 2.24) is 0 Å². The normalized spacial score (nSPS) is 3.60. The molecule has 0 aromatic heterocycles. The molecular weight excluding hydrogens is 315 g/mol. The molecule has 0 bridgehead atoms. The van der Waals surface area contributed by atoms with Crippen molar-refractivity contribution >= 4 is 0 Å². The van der Waals surface area contributed by atoms with Crippen LogP contribution in [0.15, 0.2) is 0 Å². The Morgan fingerprint density at radius 2 is 1.60 bits per heavy atom. The van der Waals surface area contributed by atoms with Gasteiger partial charge in [0.25, 0.3) is 0 Å². The molecule has 0 N–H and O–H groups in total. The molecule has 0 aromatic carbocycles. The maximum absolute atomic E-state index is 3.49. The topological polar surface area (TPSA) is 0 Å². The Labute approximate surface area is 28.8 Å². The summed E-state index contributed by atoms with van der Waals surface area (Å²) in [6.07, 6.45) is 1.00. The molecule has 0 nitrogen and oxygen atoms in total. The van der Waals surface area contributed by atoms with Gasteiger partial charge in [-0.1, -0.05) is 14.4 Å². The molecule has 30 valence electrons. The first-order valence-electron chi connectivity index (χ1n) is 1.21. The van der Waals surface area contributed by atoms with Crippen LogP contribution in [0.25, 0.3) is 0 Å². The second-order valence-electron chi connectivity index (χ2n) is 0.500. The minimum absolute atomic E-state index is 0. The van der Waals surface area contributed by atoms with Gasteiger partial charge in [-0.25, -0.2) is 0 Å². The molecule has 0 saturated carbocycles. The van der Waals surface area contributed by atoms with Gasteiger partial charge in [-0.3, -0.25) is 0 Å². The van der Waals surface area contributed by atoms with Crippen molar-refractivity contribution in [2.75, 3.05) is 0 Å².